The summed E-state index contributed by atoms with van der Waals surface area (Å²) in [6.45, 7) is 5.08. The maximum Gasteiger partial charge on any atom is 0.137 e. The first kappa shape index (κ1) is 14.5. The average Bonchev–Trinajstić information content (AvgIpc) is 2.48. The molecule has 0 aliphatic heterocycles. The first-order valence-corrected chi connectivity index (χ1v) is 6.90. The number of nitrogens with one attached hydrogen (secondary N) is 1. The third-order valence-corrected chi connectivity index (χ3v) is 3.11. The molecule has 2 aromatic heterocycles. The van der Waals surface area contributed by atoms with Crippen LogP contribution in [-0.4, -0.2) is 23.6 Å². The standard InChI is InChI=1S/C16H21N3O/c1-4-8-18-16(15-7-5-6-12(2)19-15)13-9-14(20-3)11-17-10-13/h5-7,9-11,16,18H,4,8H2,1-3H3. The van der Waals surface area contributed by atoms with Crippen molar-refractivity contribution in [2.24, 2.45) is 0 Å². The van der Waals surface area contributed by atoms with E-state index in [0.717, 1.165) is 35.7 Å². The predicted octanol–water partition coefficient (Wildman–Crippen LogP) is 2.88. The Kier molecular flexibility index (Phi) is 5.07. The molecular formula is C16H21N3O. The quantitative estimate of drug-likeness (QED) is 0.877. The van der Waals surface area contributed by atoms with Crippen molar-refractivity contribution >= 4 is 0 Å². The number of aromatic nitrogens is 2. The Labute approximate surface area is 120 Å². The van der Waals surface area contributed by atoms with E-state index in [-0.39, 0.29) is 6.04 Å². The van der Waals surface area contributed by atoms with Crippen LogP contribution in [0.1, 0.15) is 36.3 Å². The second-order valence-electron chi connectivity index (χ2n) is 4.75. The monoisotopic (exact) mass is 271 g/mol. The van der Waals surface area contributed by atoms with Crippen LogP contribution in [0.4, 0.5) is 0 Å². The van der Waals surface area contributed by atoms with E-state index in [9.17, 15) is 0 Å². The highest BCUT2D eigenvalue weighted by atomic mass is 16.5. The van der Waals surface area contributed by atoms with Crippen molar-refractivity contribution in [3.63, 3.8) is 0 Å². The second-order valence-corrected chi connectivity index (χ2v) is 4.75. The molecule has 0 aromatic carbocycles. The lowest BCUT2D eigenvalue weighted by Gasteiger charge is -2.19. The number of methoxy groups -OCH3 is 1. The van der Waals surface area contributed by atoms with Gasteiger partial charge in [0.15, 0.2) is 0 Å². The smallest absolute Gasteiger partial charge is 0.137 e. The van der Waals surface area contributed by atoms with Crippen molar-refractivity contribution in [1.29, 1.82) is 0 Å². The Morgan fingerprint density at radius 3 is 2.85 bits per heavy atom. The third kappa shape index (κ3) is 3.54. The van der Waals surface area contributed by atoms with Crippen molar-refractivity contribution in [2.75, 3.05) is 13.7 Å². The van der Waals surface area contributed by atoms with Gasteiger partial charge < -0.3 is 10.1 Å². The number of pyridine rings is 2. The molecule has 2 heterocycles. The Hall–Kier alpha value is -1.94. The fraction of sp³-hybridized carbons (Fsp3) is 0.375. The molecule has 0 aliphatic rings. The van der Waals surface area contributed by atoms with E-state index in [4.69, 9.17) is 4.74 Å². The molecule has 106 valence electrons. The first-order chi connectivity index (χ1) is 9.74. The zero-order valence-corrected chi connectivity index (χ0v) is 12.3. The minimum absolute atomic E-state index is 0.0393. The first-order valence-electron chi connectivity index (χ1n) is 6.90. The van der Waals surface area contributed by atoms with Gasteiger partial charge in [0.1, 0.15) is 5.75 Å². The Morgan fingerprint density at radius 2 is 2.15 bits per heavy atom. The number of rotatable bonds is 6. The minimum Gasteiger partial charge on any atom is -0.495 e. The molecule has 0 fully saturated rings. The Balaban J connectivity index is 2.35. The predicted molar refractivity (Wildman–Crippen MR) is 79.9 cm³/mol. The van der Waals surface area contributed by atoms with Crippen LogP contribution < -0.4 is 10.1 Å². The molecule has 2 aromatic rings. The molecule has 0 bridgehead atoms. The zero-order valence-electron chi connectivity index (χ0n) is 12.3. The largest absolute Gasteiger partial charge is 0.495 e. The average molecular weight is 271 g/mol. The van der Waals surface area contributed by atoms with Gasteiger partial charge >= 0.3 is 0 Å². The molecular weight excluding hydrogens is 250 g/mol. The molecule has 0 saturated heterocycles. The van der Waals surface area contributed by atoms with Crippen molar-refractivity contribution in [3.05, 3.63) is 53.6 Å². The lowest BCUT2D eigenvalue weighted by molar-refractivity contribution is 0.411. The fourth-order valence-electron chi connectivity index (χ4n) is 2.11. The van der Waals surface area contributed by atoms with Crippen LogP contribution in [-0.2, 0) is 0 Å². The van der Waals surface area contributed by atoms with Crippen LogP contribution in [0.15, 0.2) is 36.7 Å². The highest BCUT2D eigenvalue weighted by Gasteiger charge is 2.15. The fourth-order valence-corrected chi connectivity index (χ4v) is 2.11. The summed E-state index contributed by atoms with van der Waals surface area (Å²) in [5, 5.41) is 3.52. The maximum absolute atomic E-state index is 5.26. The van der Waals surface area contributed by atoms with Crippen LogP contribution in [0.25, 0.3) is 0 Å². The number of aryl methyl sites for hydroxylation is 1. The summed E-state index contributed by atoms with van der Waals surface area (Å²) in [6.07, 6.45) is 4.64. The van der Waals surface area contributed by atoms with Gasteiger partial charge in [-0.15, -0.1) is 0 Å². The summed E-state index contributed by atoms with van der Waals surface area (Å²) < 4.78 is 5.26. The summed E-state index contributed by atoms with van der Waals surface area (Å²) in [5.74, 6) is 0.762. The van der Waals surface area contributed by atoms with Gasteiger partial charge in [0.2, 0.25) is 0 Å². The summed E-state index contributed by atoms with van der Waals surface area (Å²) >= 11 is 0. The van der Waals surface area contributed by atoms with Gasteiger partial charge in [-0.25, -0.2) is 0 Å². The van der Waals surface area contributed by atoms with E-state index in [1.807, 2.05) is 37.4 Å². The molecule has 0 saturated carbocycles. The second kappa shape index (κ2) is 7.01. The minimum atomic E-state index is 0.0393. The zero-order chi connectivity index (χ0) is 14.4. The Morgan fingerprint density at radius 1 is 1.30 bits per heavy atom. The lowest BCUT2D eigenvalue weighted by Crippen LogP contribution is -2.24. The van der Waals surface area contributed by atoms with Gasteiger partial charge in [0.05, 0.1) is 25.0 Å². The molecule has 4 heteroatoms. The molecule has 2 rings (SSSR count). The van der Waals surface area contributed by atoms with Gasteiger partial charge in [-0.3, -0.25) is 9.97 Å². The number of ether oxygens (including phenoxy) is 1. The molecule has 20 heavy (non-hydrogen) atoms. The van der Waals surface area contributed by atoms with Gasteiger partial charge in [0, 0.05) is 11.9 Å². The topological polar surface area (TPSA) is 47.0 Å². The normalized spacial score (nSPS) is 12.2. The highest BCUT2D eigenvalue weighted by molar-refractivity contribution is 5.31. The van der Waals surface area contributed by atoms with Crippen LogP contribution in [0, 0.1) is 6.92 Å². The van der Waals surface area contributed by atoms with Crippen LogP contribution in [0.2, 0.25) is 0 Å². The van der Waals surface area contributed by atoms with E-state index < -0.39 is 0 Å². The van der Waals surface area contributed by atoms with Crippen LogP contribution >= 0.6 is 0 Å². The van der Waals surface area contributed by atoms with Crippen molar-refractivity contribution in [3.8, 4) is 5.75 Å². The summed E-state index contributed by atoms with van der Waals surface area (Å²) in [5.41, 5.74) is 3.09. The van der Waals surface area contributed by atoms with Crippen molar-refractivity contribution in [1.82, 2.24) is 15.3 Å². The third-order valence-electron chi connectivity index (χ3n) is 3.11. The molecule has 1 N–H and O–H groups in total. The van der Waals surface area contributed by atoms with E-state index in [1.165, 1.54) is 0 Å². The van der Waals surface area contributed by atoms with Gasteiger partial charge in [0.25, 0.3) is 0 Å². The highest BCUT2D eigenvalue weighted by Crippen LogP contribution is 2.23. The van der Waals surface area contributed by atoms with E-state index in [2.05, 4.69) is 22.2 Å². The van der Waals surface area contributed by atoms with Crippen LogP contribution in [0.3, 0.4) is 0 Å². The molecule has 4 nitrogen and oxygen atoms in total. The molecule has 0 spiro atoms. The lowest BCUT2D eigenvalue weighted by atomic mass is 10.0. The maximum atomic E-state index is 5.26. The summed E-state index contributed by atoms with van der Waals surface area (Å²) in [6, 6.07) is 8.12. The molecule has 1 unspecified atom stereocenters. The molecule has 0 aliphatic carbocycles. The van der Waals surface area contributed by atoms with Crippen molar-refractivity contribution < 1.29 is 4.74 Å². The summed E-state index contributed by atoms with van der Waals surface area (Å²) in [4.78, 5) is 8.87. The van der Waals surface area contributed by atoms with Gasteiger partial charge in [-0.05, 0) is 43.7 Å². The van der Waals surface area contributed by atoms with E-state index in [1.54, 1.807) is 13.3 Å². The number of hydrogen-bond donors (Lipinski definition) is 1. The SMILES string of the molecule is CCCNC(c1cncc(OC)c1)c1cccc(C)n1. The molecule has 1 atom stereocenters. The van der Waals surface area contributed by atoms with E-state index in [0.29, 0.717) is 0 Å². The molecule has 0 amide bonds. The number of hydrogen-bond acceptors (Lipinski definition) is 4. The van der Waals surface area contributed by atoms with Gasteiger partial charge in [-0.2, -0.15) is 0 Å². The van der Waals surface area contributed by atoms with Gasteiger partial charge in [-0.1, -0.05) is 13.0 Å². The Bertz CT molecular complexity index is 557. The summed E-state index contributed by atoms with van der Waals surface area (Å²) in [7, 11) is 1.65. The number of nitrogens with zero attached hydrogens (tertiary/aromatic N) is 2. The van der Waals surface area contributed by atoms with E-state index >= 15 is 0 Å². The van der Waals surface area contributed by atoms with Crippen LogP contribution in [0.5, 0.6) is 5.75 Å². The van der Waals surface area contributed by atoms with Crippen molar-refractivity contribution in [2.45, 2.75) is 26.3 Å². The molecule has 0 radical (unpaired) electrons.